The Bertz CT molecular complexity index is 1020. The van der Waals surface area contributed by atoms with Crippen LogP contribution in [0.25, 0.3) is 11.1 Å². The van der Waals surface area contributed by atoms with Gasteiger partial charge in [0.15, 0.2) is 0 Å². The highest BCUT2D eigenvalue weighted by Crippen LogP contribution is 2.25. The molecule has 0 aliphatic carbocycles. The zero-order valence-corrected chi connectivity index (χ0v) is 16.3. The van der Waals surface area contributed by atoms with Crippen LogP contribution in [-0.2, 0) is 21.4 Å². The molecule has 0 bridgehead atoms. The van der Waals surface area contributed by atoms with Crippen LogP contribution in [0.5, 0.6) is 0 Å². The molecule has 146 valence electrons. The zero-order chi connectivity index (χ0) is 20.2. The molecule has 0 saturated heterocycles. The van der Waals surface area contributed by atoms with Crippen molar-refractivity contribution < 1.29 is 17.9 Å². The van der Waals surface area contributed by atoms with Gasteiger partial charge >= 0.3 is 0 Å². The molecule has 3 rings (SSSR count). The number of sulfonamides is 1. The highest BCUT2D eigenvalue weighted by atomic mass is 32.2. The van der Waals surface area contributed by atoms with Crippen LogP contribution in [0.15, 0.2) is 78.9 Å². The predicted molar refractivity (Wildman–Crippen MR) is 108 cm³/mol. The maximum Gasteiger partial charge on any atom is 0.215 e. The van der Waals surface area contributed by atoms with Gasteiger partial charge in [0.1, 0.15) is 11.4 Å². The van der Waals surface area contributed by atoms with Gasteiger partial charge in [-0.2, -0.15) is 0 Å². The fourth-order valence-corrected chi connectivity index (χ4v) is 4.09. The molecule has 0 radical (unpaired) electrons. The largest absolute Gasteiger partial charge is 0.384 e. The first-order chi connectivity index (χ1) is 13.3. The normalized spacial score (nSPS) is 13.8. The van der Waals surface area contributed by atoms with Crippen molar-refractivity contribution in [1.29, 1.82) is 0 Å². The average Bonchev–Trinajstić information content (AvgIpc) is 2.69. The maximum absolute atomic E-state index is 13.0. The van der Waals surface area contributed by atoms with Gasteiger partial charge in [0, 0.05) is 6.54 Å². The van der Waals surface area contributed by atoms with Gasteiger partial charge in [-0.05, 0) is 41.3 Å². The van der Waals surface area contributed by atoms with Gasteiger partial charge in [-0.25, -0.2) is 17.5 Å². The predicted octanol–water partition coefficient (Wildman–Crippen LogP) is 3.82. The van der Waals surface area contributed by atoms with E-state index in [9.17, 15) is 17.9 Å². The summed E-state index contributed by atoms with van der Waals surface area (Å²) < 4.78 is 40.0. The van der Waals surface area contributed by atoms with E-state index < -0.39 is 21.4 Å². The molecular formula is C22H22FNO3S. The monoisotopic (exact) mass is 399 g/mol. The molecule has 3 aromatic rings. The number of aliphatic hydroxyl groups is 1. The Kier molecular flexibility index (Phi) is 5.93. The molecule has 1 atom stereocenters. The molecule has 0 spiro atoms. The minimum Gasteiger partial charge on any atom is -0.384 e. The number of hydrogen-bond donors (Lipinski definition) is 2. The van der Waals surface area contributed by atoms with Crippen molar-refractivity contribution in [3.63, 3.8) is 0 Å². The summed E-state index contributed by atoms with van der Waals surface area (Å²) in [7, 11) is -3.67. The standard InChI is InChI=1S/C22H22FNO3S/c1-22(25,16-24-28(26,27)15-17-7-13-21(23)14-8-17)20-11-9-19(10-12-20)18-5-3-2-4-6-18/h2-14,24-25H,15-16H2,1H3/t22-/m1/s1. The summed E-state index contributed by atoms with van der Waals surface area (Å²) in [6, 6.07) is 22.5. The number of hydrogen-bond acceptors (Lipinski definition) is 3. The van der Waals surface area contributed by atoms with Crippen LogP contribution in [0.3, 0.4) is 0 Å². The van der Waals surface area contributed by atoms with E-state index >= 15 is 0 Å². The molecule has 0 amide bonds. The zero-order valence-electron chi connectivity index (χ0n) is 15.5. The fraction of sp³-hybridized carbons (Fsp3) is 0.182. The summed E-state index contributed by atoms with van der Waals surface area (Å²) in [4.78, 5) is 0. The fourth-order valence-electron chi connectivity index (χ4n) is 2.86. The summed E-state index contributed by atoms with van der Waals surface area (Å²) in [5.41, 5.74) is 1.79. The Morgan fingerprint density at radius 3 is 2.07 bits per heavy atom. The van der Waals surface area contributed by atoms with Crippen LogP contribution in [0.2, 0.25) is 0 Å². The van der Waals surface area contributed by atoms with Gasteiger partial charge in [-0.3, -0.25) is 0 Å². The lowest BCUT2D eigenvalue weighted by Gasteiger charge is -2.24. The van der Waals surface area contributed by atoms with Crippen molar-refractivity contribution in [3.05, 3.63) is 95.8 Å². The molecule has 0 unspecified atom stereocenters. The third kappa shape index (κ3) is 5.25. The molecule has 0 saturated carbocycles. The molecule has 2 N–H and O–H groups in total. The van der Waals surface area contributed by atoms with Gasteiger partial charge in [-0.1, -0.05) is 66.7 Å². The smallest absolute Gasteiger partial charge is 0.215 e. The van der Waals surface area contributed by atoms with E-state index in [1.165, 1.54) is 24.3 Å². The third-order valence-corrected chi connectivity index (χ3v) is 5.82. The molecule has 3 aromatic carbocycles. The van der Waals surface area contributed by atoms with Crippen molar-refractivity contribution in [2.24, 2.45) is 0 Å². The average molecular weight is 399 g/mol. The van der Waals surface area contributed by atoms with Crippen LogP contribution >= 0.6 is 0 Å². The van der Waals surface area contributed by atoms with Crippen molar-refractivity contribution in [2.75, 3.05) is 6.54 Å². The topological polar surface area (TPSA) is 66.4 Å². The van der Waals surface area contributed by atoms with Gasteiger partial charge in [-0.15, -0.1) is 0 Å². The lowest BCUT2D eigenvalue weighted by atomic mass is 9.94. The molecular weight excluding hydrogens is 377 g/mol. The Labute approximate surface area is 164 Å². The second-order valence-electron chi connectivity index (χ2n) is 6.92. The highest BCUT2D eigenvalue weighted by molar-refractivity contribution is 7.88. The van der Waals surface area contributed by atoms with E-state index in [0.29, 0.717) is 11.1 Å². The van der Waals surface area contributed by atoms with Crippen LogP contribution < -0.4 is 4.72 Å². The summed E-state index contributed by atoms with van der Waals surface area (Å²) >= 11 is 0. The first-order valence-corrected chi connectivity index (χ1v) is 10.5. The molecule has 0 heterocycles. The van der Waals surface area contributed by atoms with Crippen molar-refractivity contribution >= 4 is 10.0 Å². The first-order valence-electron chi connectivity index (χ1n) is 8.85. The van der Waals surface area contributed by atoms with E-state index in [4.69, 9.17) is 0 Å². The molecule has 6 heteroatoms. The van der Waals surface area contributed by atoms with Crippen LogP contribution in [0.1, 0.15) is 18.1 Å². The second-order valence-corrected chi connectivity index (χ2v) is 8.73. The molecule has 4 nitrogen and oxygen atoms in total. The molecule has 0 aliphatic rings. The Morgan fingerprint density at radius 2 is 1.46 bits per heavy atom. The van der Waals surface area contributed by atoms with Crippen molar-refractivity contribution in [1.82, 2.24) is 4.72 Å². The van der Waals surface area contributed by atoms with Crippen LogP contribution in [-0.4, -0.2) is 20.1 Å². The Morgan fingerprint density at radius 1 is 0.893 bits per heavy atom. The van der Waals surface area contributed by atoms with Gasteiger partial charge in [0.2, 0.25) is 10.0 Å². The van der Waals surface area contributed by atoms with E-state index in [1.807, 2.05) is 42.5 Å². The summed E-state index contributed by atoms with van der Waals surface area (Å²) in [6.45, 7) is 1.39. The minimum absolute atomic E-state index is 0.165. The Balaban J connectivity index is 1.66. The molecule has 0 aliphatic heterocycles. The van der Waals surface area contributed by atoms with Crippen LogP contribution in [0.4, 0.5) is 4.39 Å². The molecule has 0 fully saturated rings. The van der Waals surface area contributed by atoms with Gasteiger partial charge < -0.3 is 5.11 Å². The first kappa shape index (κ1) is 20.2. The number of rotatable bonds is 7. The number of halogens is 1. The lowest BCUT2D eigenvalue weighted by molar-refractivity contribution is 0.0627. The lowest BCUT2D eigenvalue weighted by Crippen LogP contribution is -2.39. The quantitative estimate of drug-likeness (QED) is 0.635. The van der Waals surface area contributed by atoms with Gasteiger partial charge in [0.25, 0.3) is 0 Å². The third-order valence-electron chi connectivity index (χ3n) is 4.52. The minimum atomic E-state index is -3.67. The number of benzene rings is 3. The van der Waals surface area contributed by atoms with E-state index in [1.54, 1.807) is 19.1 Å². The molecule has 0 aromatic heterocycles. The highest BCUT2D eigenvalue weighted by Gasteiger charge is 2.25. The van der Waals surface area contributed by atoms with E-state index in [0.717, 1.165) is 11.1 Å². The van der Waals surface area contributed by atoms with Crippen molar-refractivity contribution in [3.8, 4) is 11.1 Å². The summed E-state index contributed by atoms with van der Waals surface area (Å²) in [5.74, 6) is -0.702. The SMILES string of the molecule is C[C@@](O)(CNS(=O)(=O)Cc1ccc(F)cc1)c1ccc(-c2ccccc2)cc1. The van der Waals surface area contributed by atoms with E-state index in [-0.39, 0.29) is 12.3 Å². The summed E-state index contributed by atoms with van der Waals surface area (Å²) in [5, 5.41) is 10.7. The van der Waals surface area contributed by atoms with Gasteiger partial charge in [0.05, 0.1) is 5.75 Å². The summed E-state index contributed by atoms with van der Waals surface area (Å²) in [6.07, 6.45) is 0. The molecule has 28 heavy (non-hydrogen) atoms. The maximum atomic E-state index is 13.0. The number of nitrogens with one attached hydrogen (secondary N) is 1. The second kappa shape index (κ2) is 8.22. The van der Waals surface area contributed by atoms with E-state index in [2.05, 4.69) is 4.72 Å². The van der Waals surface area contributed by atoms with Crippen LogP contribution in [0, 0.1) is 5.82 Å². The Hall–Kier alpha value is -2.54. The van der Waals surface area contributed by atoms with Crippen molar-refractivity contribution in [2.45, 2.75) is 18.3 Å².